The van der Waals surface area contributed by atoms with Gasteiger partial charge >= 0.3 is 0 Å². The lowest BCUT2D eigenvalue weighted by atomic mass is 10.2. The fourth-order valence-electron chi connectivity index (χ4n) is 0.914. The van der Waals surface area contributed by atoms with E-state index in [4.69, 9.17) is 16.3 Å². The van der Waals surface area contributed by atoms with Crippen LogP contribution in [0, 0.1) is 0 Å². The van der Waals surface area contributed by atoms with Crippen molar-refractivity contribution in [3.05, 3.63) is 23.5 Å². The van der Waals surface area contributed by atoms with Crippen molar-refractivity contribution < 1.29 is 13.5 Å². The number of halogens is 3. The smallest absolute Gasteiger partial charge is 0.280 e. The molecule has 0 aliphatic rings. The van der Waals surface area contributed by atoms with E-state index in [2.05, 4.69) is 4.98 Å². The minimum atomic E-state index is -2.60. The molecule has 0 N–H and O–H groups in total. The Morgan fingerprint density at radius 3 is 2.77 bits per heavy atom. The number of methoxy groups -OCH3 is 1. The van der Waals surface area contributed by atoms with E-state index in [0.717, 1.165) is 0 Å². The molecule has 72 valence electrons. The number of ether oxygens (including phenoxy) is 1. The summed E-state index contributed by atoms with van der Waals surface area (Å²) in [5.74, 6) is 0.434. The van der Waals surface area contributed by atoms with Crippen molar-refractivity contribution in [2.75, 3.05) is 7.11 Å². The first-order chi connectivity index (χ1) is 6.19. The van der Waals surface area contributed by atoms with Gasteiger partial charge in [0.15, 0.2) is 0 Å². The molecule has 0 fully saturated rings. The summed E-state index contributed by atoms with van der Waals surface area (Å²) in [6.07, 6.45) is -1.35. The Kier molecular flexibility index (Phi) is 3.42. The maximum Gasteiger partial charge on any atom is 0.280 e. The lowest BCUT2D eigenvalue weighted by molar-refractivity contribution is 0.145. The molecule has 0 spiro atoms. The summed E-state index contributed by atoms with van der Waals surface area (Å²) in [4.78, 5) is 3.56. The normalized spacial score (nSPS) is 10.5. The van der Waals surface area contributed by atoms with Gasteiger partial charge in [0.2, 0.25) is 0 Å². The maximum absolute atomic E-state index is 12.3. The van der Waals surface area contributed by atoms with E-state index < -0.39 is 6.43 Å². The van der Waals surface area contributed by atoms with Crippen molar-refractivity contribution in [2.45, 2.75) is 12.3 Å². The molecule has 0 saturated heterocycles. The minimum absolute atomic E-state index is 0.00384. The second-order valence-electron chi connectivity index (χ2n) is 2.35. The number of aromatic nitrogens is 1. The first-order valence-electron chi connectivity index (χ1n) is 3.56. The summed E-state index contributed by atoms with van der Waals surface area (Å²) >= 11 is 5.48. The molecule has 1 aromatic heterocycles. The highest BCUT2D eigenvalue weighted by atomic mass is 35.5. The summed E-state index contributed by atoms with van der Waals surface area (Å²) in [6.45, 7) is 0. The molecule has 1 rings (SSSR count). The van der Waals surface area contributed by atoms with E-state index >= 15 is 0 Å². The standard InChI is InChI=1S/C8H8ClF2NO/c1-13-6-2-5(3-9)7(8(10)11)12-4-6/h2,4,8H,3H2,1H3. The highest BCUT2D eigenvalue weighted by Gasteiger charge is 2.14. The number of alkyl halides is 3. The highest BCUT2D eigenvalue weighted by Crippen LogP contribution is 2.24. The van der Waals surface area contributed by atoms with Crippen LogP contribution in [0.1, 0.15) is 17.7 Å². The zero-order valence-electron chi connectivity index (χ0n) is 6.93. The predicted molar refractivity (Wildman–Crippen MR) is 45.3 cm³/mol. The fraction of sp³-hybridized carbons (Fsp3) is 0.375. The maximum atomic E-state index is 12.3. The number of nitrogens with zero attached hydrogens (tertiary/aromatic N) is 1. The van der Waals surface area contributed by atoms with Gasteiger partial charge < -0.3 is 4.74 Å². The van der Waals surface area contributed by atoms with Crippen LogP contribution in [0.25, 0.3) is 0 Å². The van der Waals surface area contributed by atoms with E-state index in [1.54, 1.807) is 0 Å². The third-order valence-electron chi connectivity index (χ3n) is 1.56. The van der Waals surface area contributed by atoms with Gasteiger partial charge in [0.1, 0.15) is 11.4 Å². The van der Waals surface area contributed by atoms with Crippen molar-refractivity contribution in [2.24, 2.45) is 0 Å². The molecule has 0 unspecified atom stereocenters. The van der Waals surface area contributed by atoms with Gasteiger partial charge in [-0.25, -0.2) is 8.78 Å². The third-order valence-corrected chi connectivity index (χ3v) is 1.85. The largest absolute Gasteiger partial charge is 0.495 e. The molecule has 1 heterocycles. The number of pyridine rings is 1. The summed E-state index contributed by atoms with van der Waals surface area (Å²) in [5, 5.41) is 0. The number of hydrogen-bond acceptors (Lipinski definition) is 2. The van der Waals surface area contributed by atoms with Crippen LogP contribution in [0.3, 0.4) is 0 Å². The molecule has 0 amide bonds. The average molecular weight is 208 g/mol. The molecule has 1 aromatic rings. The van der Waals surface area contributed by atoms with E-state index in [1.165, 1.54) is 19.4 Å². The van der Waals surface area contributed by atoms with Crippen molar-refractivity contribution in [1.29, 1.82) is 0 Å². The SMILES string of the molecule is COc1cnc(C(F)F)c(CCl)c1. The molecule has 2 nitrogen and oxygen atoms in total. The lowest BCUT2D eigenvalue weighted by Gasteiger charge is -2.06. The first-order valence-corrected chi connectivity index (χ1v) is 4.09. The zero-order chi connectivity index (χ0) is 9.84. The molecule has 0 atom stereocenters. The van der Waals surface area contributed by atoms with Gasteiger partial charge in [-0.3, -0.25) is 4.98 Å². The van der Waals surface area contributed by atoms with Crippen LogP contribution in [-0.2, 0) is 5.88 Å². The Morgan fingerprint density at radius 1 is 1.62 bits per heavy atom. The van der Waals surface area contributed by atoms with Gasteiger partial charge in [-0.15, -0.1) is 11.6 Å². The summed E-state index contributed by atoms with van der Waals surface area (Å²) in [7, 11) is 1.44. The van der Waals surface area contributed by atoms with Crippen molar-refractivity contribution in [1.82, 2.24) is 4.98 Å². The molecule has 0 saturated carbocycles. The average Bonchev–Trinajstić information content (AvgIpc) is 2.16. The van der Waals surface area contributed by atoms with Crippen LogP contribution < -0.4 is 4.74 Å². The zero-order valence-corrected chi connectivity index (χ0v) is 7.68. The Bertz CT molecular complexity index is 293. The second kappa shape index (κ2) is 4.37. The summed E-state index contributed by atoms with van der Waals surface area (Å²) in [6, 6.07) is 1.46. The first kappa shape index (κ1) is 10.2. The molecular weight excluding hydrogens is 200 g/mol. The Hall–Kier alpha value is -0.900. The predicted octanol–water partition coefficient (Wildman–Crippen LogP) is 2.77. The molecule has 5 heteroatoms. The van der Waals surface area contributed by atoms with Crippen LogP contribution in [0.4, 0.5) is 8.78 Å². The minimum Gasteiger partial charge on any atom is -0.495 e. The van der Waals surface area contributed by atoms with E-state index in [-0.39, 0.29) is 11.6 Å². The van der Waals surface area contributed by atoms with Crippen molar-refractivity contribution >= 4 is 11.6 Å². The lowest BCUT2D eigenvalue weighted by Crippen LogP contribution is -1.97. The van der Waals surface area contributed by atoms with Gasteiger partial charge in [0.05, 0.1) is 13.3 Å². The Balaban J connectivity index is 3.08. The quantitative estimate of drug-likeness (QED) is 0.711. The number of rotatable bonds is 3. The van der Waals surface area contributed by atoms with Crippen LogP contribution in [-0.4, -0.2) is 12.1 Å². The van der Waals surface area contributed by atoms with E-state index in [9.17, 15) is 8.78 Å². The van der Waals surface area contributed by atoms with Gasteiger partial charge in [-0.2, -0.15) is 0 Å². The third kappa shape index (κ3) is 2.28. The van der Waals surface area contributed by atoms with Gasteiger partial charge in [0.25, 0.3) is 6.43 Å². The highest BCUT2D eigenvalue weighted by molar-refractivity contribution is 6.17. The summed E-state index contributed by atoms with van der Waals surface area (Å²) < 4.78 is 29.4. The van der Waals surface area contributed by atoms with Crippen LogP contribution in [0.5, 0.6) is 5.75 Å². The molecule has 0 aliphatic heterocycles. The van der Waals surface area contributed by atoms with Crippen molar-refractivity contribution in [3.8, 4) is 5.75 Å². The van der Waals surface area contributed by atoms with Gasteiger partial charge in [-0.05, 0) is 11.6 Å². The van der Waals surface area contributed by atoms with Gasteiger partial charge in [-0.1, -0.05) is 0 Å². The molecule has 0 radical (unpaired) electrons. The summed E-state index contributed by atoms with van der Waals surface area (Å²) in [5.41, 5.74) is 0.0202. The fourth-order valence-corrected chi connectivity index (χ4v) is 1.13. The van der Waals surface area contributed by atoms with E-state index in [0.29, 0.717) is 11.3 Å². The van der Waals surface area contributed by atoms with Crippen LogP contribution in [0.2, 0.25) is 0 Å². The topological polar surface area (TPSA) is 22.1 Å². The number of hydrogen-bond donors (Lipinski definition) is 0. The molecule has 0 aromatic carbocycles. The molecule has 13 heavy (non-hydrogen) atoms. The molecule has 0 aliphatic carbocycles. The molecule has 0 bridgehead atoms. The van der Waals surface area contributed by atoms with E-state index in [1.807, 2.05) is 0 Å². The van der Waals surface area contributed by atoms with Crippen molar-refractivity contribution in [3.63, 3.8) is 0 Å². The van der Waals surface area contributed by atoms with Crippen LogP contribution in [0.15, 0.2) is 12.3 Å². The second-order valence-corrected chi connectivity index (χ2v) is 2.62. The van der Waals surface area contributed by atoms with Gasteiger partial charge in [0, 0.05) is 5.88 Å². The molecular formula is C8H8ClF2NO. The Labute approximate surface area is 79.5 Å². The van der Waals surface area contributed by atoms with Crippen LogP contribution >= 0.6 is 11.6 Å². The Morgan fingerprint density at radius 2 is 2.31 bits per heavy atom. The monoisotopic (exact) mass is 207 g/mol.